The van der Waals surface area contributed by atoms with Crippen molar-refractivity contribution in [1.29, 1.82) is 0 Å². The van der Waals surface area contributed by atoms with Crippen LogP contribution in [-0.4, -0.2) is 60.6 Å². The summed E-state index contributed by atoms with van der Waals surface area (Å²) in [4.78, 5) is 22.5. The molecule has 1 amide bonds. The van der Waals surface area contributed by atoms with Crippen molar-refractivity contribution in [3.8, 4) is 22.8 Å². The van der Waals surface area contributed by atoms with Crippen molar-refractivity contribution in [2.24, 2.45) is 0 Å². The molecule has 3 heterocycles. The summed E-state index contributed by atoms with van der Waals surface area (Å²) in [6.45, 7) is 8.54. The van der Waals surface area contributed by atoms with Gasteiger partial charge in [-0.05, 0) is 48.2 Å². The number of rotatable bonds is 9. The van der Waals surface area contributed by atoms with E-state index in [1.807, 2.05) is 42.2 Å². The maximum Gasteiger partial charge on any atom is 0.259 e. The molecular formula is C30H35N3O3S. The van der Waals surface area contributed by atoms with Crippen LogP contribution in [0.1, 0.15) is 40.9 Å². The van der Waals surface area contributed by atoms with E-state index in [9.17, 15) is 4.79 Å². The van der Waals surface area contributed by atoms with E-state index in [1.54, 1.807) is 12.0 Å². The number of fused-ring (bicyclic) bond motifs is 1. The fourth-order valence-electron chi connectivity index (χ4n) is 5.00. The van der Waals surface area contributed by atoms with Crippen LogP contribution in [0.3, 0.4) is 0 Å². The maximum atomic E-state index is 13.5. The van der Waals surface area contributed by atoms with Crippen molar-refractivity contribution >= 4 is 23.4 Å². The summed E-state index contributed by atoms with van der Waals surface area (Å²) in [5.41, 5.74) is 6.93. The van der Waals surface area contributed by atoms with Gasteiger partial charge in [0.25, 0.3) is 5.91 Å². The number of carbonyl (C=O) groups excluding carboxylic acids is 1. The number of hydrogen-bond acceptors (Lipinski definition) is 6. The van der Waals surface area contributed by atoms with Gasteiger partial charge in [0.1, 0.15) is 6.61 Å². The molecule has 1 aromatic heterocycles. The van der Waals surface area contributed by atoms with E-state index in [2.05, 4.69) is 36.9 Å². The van der Waals surface area contributed by atoms with Gasteiger partial charge in [0, 0.05) is 65.8 Å². The number of hydrogen-bond donors (Lipinski definition) is 0. The molecule has 0 radical (unpaired) electrons. The van der Waals surface area contributed by atoms with Crippen LogP contribution in [-0.2, 0) is 19.4 Å². The zero-order chi connectivity index (χ0) is 25.8. The molecule has 1 fully saturated rings. The first-order chi connectivity index (χ1) is 18.1. The molecule has 5 rings (SSSR count). The van der Waals surface area contributed by atoms with Crippen LogP contribution in [0.25, 0.3) is 11.3 Å². The Kier molecular flexibility index (Phi) is 8.01. The SMILES string of the molecule is CCc1ccc(CC)c(-c2cc3c(cn2)CN(c2ccc(OCCN4CCSCC4)c(OC)c2)C3=O)c1. The van der Waals surface area contributed by atoms with Gasteiger partial charge in [0.2, 0.25) is 0 Å². The van der Waals surface area contributed by atoms with Crippen molar-refractivity contribution in [2.45, 2.75) is 33.2 Å². The number of pyridine rings is 1. The third-order valence-corrected chi connectivity index (χ3v) is 8.20. The Hall–Kier alpha value is -3.03. The van der Waals surface area contributed by atoms with Crippen LogP contribution in [0.5, 0.6) is 11.5 Å². The summed E-state index contributed by atoms with van der Waals surface area (Å²) in [6, 6.07) is 14.3. The number of amides is 1. The molecular weight excluding hydrogens is 482 g/mol. The lowest BCUT2D eigenvalue weighted by Gasteiger charge is -2.26. The molecule has 6 nitrogen and oxygen atoms in total. The van der Waals surface area contributed by atoms with E-state index in [1.165, 1.54) is 22.6 Å². The van der Waals surface area contributed by atoms with Gasteiger partial charge in [-0.2, -0.15) is 11.8 Å². The molecule has 37 heavy (non-hydrogen) atoms. The van der Waals surface area contributed by atoms with Crippen LogP contribution in [0.15, 0.2) is 48.7 Å². The number of carbonyl (C=O) groups is 1. The summed E-state index contributed by atoms with van der Waals surface area (Å²) in [5.74, 6) is 3.70. The van der Waals surface area contributed by atoms with Gasteiger partial charge in [-0.25, -0.2) is 0 Å². The zero-order valence-corrected chi connectivity index (χ0v) is 22.8. The van der Waals surface area contributed by atoms with Crippen LogP contribution in [0.4, 0.5) is 5.69 Å². The van der Waals surface area contributed by atoms with E-state index < -0.39 is 0 Å². The van der Waals surface area contributed by atoms with E-state index in [4.69, 9.17) is 14.5 Å². The number of methoxy groups -OCH3 is 1. The Bertz CT molecular complexity index is 1270. The first-order valence-corrected chi connectivity index (χ1v) is 14.3. The standard InChI is InChI=1S/C30H35N3O3S/c1-4-21-6-7-22(5-2)25(16-21)27-18-26-23(19-31-27)20-33(30(26)34)24-8-9-28(29(17-24)35-3)36-13-10-32-11-14-37-15-12-32/h6-9,16-19H,4-5,10-15,20H2,1-3H3. The van der Waals surface area contributed by atoms with Gasteiger partial charge in [-0.1, -0.05) is 26.0 Å². The largest absolute Gasteiger partial charge is 0.493 e. The highest BCUT2D eigenvalue weighted by atomic mass is 32.2. The number of nitrogens with zero attached hydrogens (tertiary/aromatic N) is 3. The number of anilines is 1. The van der Waals surface area contributed by atoms with E-state index in [0.717, 1.165) is 55.0 Å². The van der Waals surface area contributed by atoms with Crippen molar-refractivity contribution in [3.05, 3.63) is 70.9 Å². The van der Waals surface area contributed by atoms with Gasteiger partial charge < -0.3 is 14.4 Å². The molecule has 3 aromatic rings. The highest BCUT2D eigenvalue weighted by Gasteiger charge is 2.30. The van der Waals surface area contributed by atoms with E-state index >= 15 is 0 Å². The second-order valence-corrected chi connectivity index (χ2v) is 10.7. The zero-order valence-electron chi connectivity index (χ0n) is 22.0. The predicted molar refractivity (Wildman–Crippen MR) is 151 cm³/mol. The number of aryl methyl sites for hydroxylation is 2. The van der Waals surface area contributed by atoms with Crippen molar-refractivity contribution in [3.63, 3.8) is 0 Å². The van der Waals surface area contributed by atoms with Gasteiger partial charge in [-0.15, -0.1) is 0 Å². The highest BCUT2D eigenvalue weighted by Crippen LogP contribution is 2.36. The summed E-state index contributed by atoms with van der Waals surface area (Å²) >= 11 is 2.01. The molecule has 0 spiro atoms. The summed E-state index contributed by atoms with van der Waals surface area (Å²) in [6.07, 6.45) is 3.74. The summed E-state index contributed by atoms with van der Waals surface area (Å²) < 4.78 is 11.7. The Labute approximate surface area is 224 Å². The summed E-state index contributed by atoms with van der Waals surface area (Å²) in [7, 11) is 1.64. The first-order valence-electron chi connectivity index (χ1n) is 13.1. The Morgan fingerprint density at radius 3 is 2.57 bits per heavy atom. The molecule has 0 saturated carbocycles. The van der Waals surface area contributed by atoms with Crippen LogP contribution < -0.4 is 14.4 Å². The maximum absolute atomic E-state index is 13.5. The van der Waals surface area contributed by atoms with E-state index in [-0.39, 0.29) is 5.91 Å². The van der Waals surface area contributed by atoms with Gasteiger partial charge in [0.05, 0.1) is 19.3 Å². The lowest BCUT2D eigenvalue weighted by atomic mass is 9.97. The highest BCUT2D eigenvalue weighted by molar-refractivity contribution is 7.99. The number of thioether (sulfide) groups is 1. The third kappa shape index (κ3) is 5.48. The molecule has 0 atom stereocenters. The van der Waals surface area contributed by atoms with Crippen LogP contribution in [0, 0.1) is 0 Å². The molecule has 0 bridgehead atoms. The molecule has 2 aliphatic heterocycles. The smallest absolute Gasteiger partial charge is 0.259 e. The molecule has 1 saturated heterocycles. The lowest BCUT2D eigenvalue weighted by Crippen LogP contribution is -2.35. The van der Waals surface area contributed by atoms with Crippen molar-refractivity contribution in [2.75, 3.05) is 49.8 Å². The minimum Gasteiger partial charge on any atom is -0.493 e. The minimum absolute atomic E-state index is 0.0120. The predicted octanol–water partition coefficient (Wildman–Crippen LogP) is 5.47. The quantitative estimate of drug-likeness (QED) is 0.375. The molecule has 0 aliphatic carbocycles. The lowest BCUT2D eigenvalue weighted by molar-refractivity contribution is 0.0996. The fraction of sp³-hybridized carbons (Fsp3) is 0.400. The van der Waals surface area contributed by atoms with Crippen LogP contribution in [0.2, 0.25) is 0 Å². The number of aromatic nitrogens is 1. The average Bonchev–Trinajstić information content (AvgIpc) is 3.28. The average molecular weight is 518 g/mol. The fourth-order valence-corrected chi connectivity index (χ4v) is 5.97. The first kappa shape index (κ1) is 25.6. The Balaban J connectivity index is 1.33. The third-order valence-electron chi connectivity index (χ3n) is 7.26. The van der Waals surface area contributed by atoms with Gasteiger partial charge in [-0.3, -0.25) is 14.7 Å². The minimum atomic E-state index is -0.0120. The topological polar surface area (TPSA) is 54.9 Å². The molecule has 0 unspecified atom stereocenters. The second kappa shape index (κ2) is 11.6. The molecule has 194 valence electrons. The van der Waals surface area contributed by atoms with Gasteiger partial charge >= 0.3 is 0 Å². The molecule has 7 heteroatoms. The van der Waals surface area contributed by atoms with E-state index in [0.29, 0.717) is 30.2 Å². The normalized spacial score (nSPS) is 15.6. The number of ether oxygens (including phenoxy) is 2. The van der Waals surface area contributed by atoms with Crippen molar-refractivity contribution < 1.29 is 14.3 Å². The van der Waals surface area contributed by atoms with Crippen molar-refractivity contribution in [1.82, 2.24) is 9.88 Å². The molecule has 2 aliphatic rings. The second-order valence-electron chi connectivity index (χ2n) is 9.45. The Morgan fingerprint density at radius 1 is 0.973 bits per heavy atom. The number of benzene rings is 2. The molecule has 2 aromatic carbocycles. The summed E-state index contributed by atoms with van der Waals surface area (Å²) in [5, 5.41) is 0. The monoisotopic (exact) mass is 517 g/mol. The van der Waals surface area contributed by atoms with Gasteiger partial charge in [0.15, 0.2) is 11.5 Å². The Morgan fingerprint density at radius 2 is 1.81 bits per heavy atom. The molecule has 0 N–H and O–H groups in total. The van der Waals surface area contributed by atoms with Crippen LogP contribution >= 0.6 is 11.8 Å².